The van der Waals surface area contributed by atoms with Crippen LogP contribution in [0.4, 0.5) is 5.69 Å². The Balaban J connectivity index is 1.34. The molecule has 0 aliphatic carbocycles. The highest BCUT2D eigenvalue weighted by Gasteiger charge is 2.28. The molecule has 5 rings (SSSR count). The fourth-order valence-electron chi connectivity index (χ4n) is 4.69. The molecule has 1 aliphatic rings. The van der Waals surface area contributed by atoms with Crippen molar-refractivity contribution in [3.8, 4) is 6.07 Å². The van der Waals surface area contributed by atoms with Gasteiger partial charge < -0.3 is 19.2 Å². The Kier molecular flexibility index (Phi) is 5.79. The lowest BCUT2D eigenvalue weighted by atomic mass is 9.89. The van der Waals surface area contributed by atoms with Gasteiger partial charge in [-0.25, -0.2) is 4.98 Å². The van der Waals surface area contributed by atoms with E-state index in [1.54, 1.807) is 13.0 Å². The summed E-state index contributed by atoms with van der Waals surface area (Å²) in [6, 6.07) is 10.9. The normalized spacial score (nSPS) is 14.1. The van der Waals surface area contributed by atoms with E-state index in [0.717, 1.165) is 23.7 Å². The third-order valence-electron chi connectivity index (χ3n) is 6.56. The predicted molar refractivity (Wildman–Crippen MR) is 129 cm³/mol. The Bertz CT molecular complexity index is 1470. The van der Waals surface area contributed by atoms with Crippen LogP contribution in [0.15, 0.2) is 53.5 Å². The standard InChI is InChI=1S/C26H24N6O3/c1-16-24(35-15-29-16)26(34)32-9-6-18(7-10-32)21-14-31(2)23-4-3-19(12-20(21)23)30-25(33)22-11-17(13-27)5-8-28-22/h3-5,8,11-12,14-15,18H,6-7,9-10H2,1-2H3,(H,30,33). The number of pyridine rings is 1. The molecular weight excluding hydrogens is 444 g/mol. The Labute approximate surface area is 202 Å². The van der Waals surface area contributed by atoms with Crippen molar-refractivity contribution in [2.75, 3.05) is 18.4 Å². The molecule has 3 aromatic heterocycles. The highest BCUT2D eigenvalue weighted by Crippen LogP contribution is 2.36. The highest BCUT2D eigenvalue weighted by atomic mass is 16.3. The molecule has 0 spiro atoms. The third-order valence-corrected chi connectivity index (χ3v) is 6.56. The number of carbonyl (C=O) groups is 2. The molecule has 9 heteroatoms. The molecule has 0 radical (unpaired) electrons. The van der Waals surface area contributed by atoms with Crippen LogP contribution in [0.25, 0.3) is 10.9 Å². The number of aromatic nitrogens is 3. The molecular formula is C26H24N6O3. The van der Waals surface area contributed by atoms with Crippen LogP contribution in [0.3, 0.4) is 0 Å². The number of hydrogen-bond acceptors (Lipinski definition) is 6. The maximum absolute atomic E-state index is 12.8. The zero-order chi connectivity index (χ0) is 24.5. The molecule has 1 saturated heterocycles. The Morgan fingerprint density at radius 3 is 2.69 bits per heavy atom. The molecule has 0 atom stereocenters. The van der Waals surface area contributed by atoms with Gasteiger partial charge in [0.2, 0.25) is 5.76 Å². The summed E-state index contributed by atoms with van der Waals surface area (Å²) in [6.07, 6.45) is 6.56. The average Bonchev–Trinajstić information content (AvgIpc) is 3.46. The molecule has 4 aromatic rings. The summed E-state index contributed by atoms with van der Waals surface area (Å²) in [5, 5.41) is 13.0. The molecule has 176 valence electrons. The maximum Gasteiger partial charge on any atom is 0.291 e. The monoisotopic (exact) mass is 468 g/mol. The summed E-state index contributed by atoms with van der Waals surface area (Å²) in [4.78, 5) is 35.4. The molecule has 35 heavy (non-hydrogen) atoms. The van der Waals surface area contributed by atoms with E-state index in [-0.39, 0.29) is 17.5 Å². The number of benzene rings is 1. The second kappa shape index (κ2) is 9.06. The number of oxazole rings is 1. The molecule has 0 bridgehead atoms. The number of nitrogens with one attached hydrogen (secondary N) is 1. The largest absolute Gasteiger partial charge is 0.438 e. The number of aryl methyl sites for hydroxylation is 2. The van der Waals surface area contributed by atoms with Crippen molar-refractivity contribution in [2.45, 2.75) is 25.7 Å². The lowest BCUT2D eigenvalue weighted by Crippen LogP contribution is -2.38. The third kappa shape index (κ3) is 4.26. The fraction of sp³-hybridized carbons (Fsp3) is 0.269. The van der Waals surface area contributed by atoms with Gasteiger partial charge in [0.25, 0.3) is 11.8 Å². The van der Waals surface area contributed by atoms with Crippen LogP contribution in [0, 0.1) is 18.3 Å². The van der Waals surface area contributed by atoms with E-state index in [4.69, 9.17) is 9.68 Å². The number of amides is 2. The maximum atomic E-state index is 12.8. The number of hydrogen-bond donors (Lipinski definition) is 1. The van der Waals surface area contributed by atoms with Crippen LogP contribution in [-0.2, 0) is 7.05 Å². The predicted octanol–water partition coefficient (Wildman–Crippen LogP) is 4.01. The first-order valence-corrected chi connectivity index (χ1v) is 11.4. The lowest BCUT2D eigenvalue weighted by molar-refractivity contribution is 0.0680. The van der Waals surface area contributed by atoms with Crippen molar-refractivity contribution in [2.24, 2.45) is 7.05 Å². The van der Waals surface area contributed by atoms with E-state index in [2.05, 4.69) is 26.0 Å². The van der Waals surface area contributed by atoms with E-state index in [1.807, 2.05) is 36.2 Å². The molecule has 0 saturated carbocycles. The molecule has 9 nitrogen and oxygen atoms in total. The minimum atomic E-state index is -0.367. The number of carbonyl (C=O) groups excluding carboxylic acids is 2. The SMILES string of the molecule is Cc1ncoc1C(=O)N1CCC(c2cn(C)c3ccc(NC(=O)c4cc(C#N)ccn4)cc23)CC1. The second-order valence-electron chi connectivity index (χ2n) is 8.76. The zero-order valence-electron chi connectivity index (χ0n) is 19.5. The van der Waals surface area contributed by atoms with Gasteiger partial charge in [-0.3, -0.25) is 14.6 Å². The van der Waals surface area contributed by atoms with Crippen LogP contribution in [0.1, 0.15) is 56.6 Å². The molecule has 4 heterocycles. The summed E-state index contributed by atoms with van der Waals surface area (Å²) in [6.45, 7) is 3.04. The van der Waals surface area contributed by atoms with Crippen molar-refractivity contribution in [3.63, 3.8) is 0 Å². The summed E-state index contributed by atoms with van der Waals surface area (Å²) in [5.74, 6) is 0.117. The van der Waals surface area contributed by atoms with E-state index >= 15 is 0 Å². The second-order valence-corrected chi connectivity index (χ2v) is 8.76. The summed E-state index contributed by atoms with van der Waals surface area (Å²) in [5.41, 5.74) is 4.11. The minimum absolute atomic E-state index is 0.115. The molecule has 1 N–H and O–H groups in total. The quantitative estimate of drug-likeness (QED) is 0.484. The Morgan fingerprint density at radius 1 is 1.17 bits per heavy atom. The molecule has 1 aromatic carbocycles. The number of nitrogens with zero attached hydrogens (tertiary/aromatic N) is 5. The van der Waals surface area contributed by atoms with Gasteiger partial charge in [0, 0.05) is 49.1 Å². The van der Waals surface area contributed by atoms with Crippen molar-refractivity contribution in [3.05, 3.63) is 77.4 Å². The first kappa shape index (κ1) is 22.3. The van der Waals surface area contributed by atoms with E-state index < -0.39 is 0 Å². The van der Waals surface area contributed by atoms with Crippen LogP contribution < -0.4 is 5.32 Å². The van der Waals surface area contributed by atoms with Crippen molar-refractivity contribution in [1.82, 2.24) is 19.4 Å². The smallest absolute Gasteiger partial charge is 0.291 e. The number of likely N-dealkylation sites (tertiary alicyclic amines) is 1. The van der Waals surface area contributed by atoms with Crippen LogP contribution in [0.2, 0.25) is 0 Å². The van der Waals surface area contributed by atoms with Gasteiger partial charge in [-0.15, -0.1) is 0 Å². The Morgan fingerprint density at radius 2 is 1.97 bits per heavy atom. The van der Waals surface area contributed by atoms with Crippen molar-refractivity contribution >= 4 is 28.4 Å². The number of anilines is 1. The van der Waals surface area contributed by atoms with Gasteiger partial charge in [0.05, 0.1) is 17.3 Å². The van der Waals surface area contributed by atoms with Gasteiger partial charge in [-0.2, -0.15) is 5.26 Å². The van der Waals surface area contributed by atoms with Gasteiger partial charge in [-0.05, 0) is 61.6 Å². The summed E-state index contributed by atoms with van der Waals surface area (Å²) >= 11 is 0. The fourth-order valence-corrected chi connectivity index (χ4v) is 4.69. The number of piperidine rings is 1. The molecule has 0 unspecified atom stereocenters. The highest BCUT2D eigenvalue weighted by molar-refractivity contribution is 6.04. The first-order chi connectivity index (χ1) is 16.9. The zero-order valence-corrected chi connectivity index (χ0v) is 19.5. The van der Waals surface area contributed by atoms with Gasteiger partial charge in [0.1, 0.15) is 5.69 Å². The van der Waals surface area contributed by atoms with Crippen molar-refractivity contribution in [1.29, 1.82) is 5.26 Å². The van der Waals surface area contributed by atoms with Crippen molar-refractivity contribution < 1.29 is 14.0 Å². The van der Waals surface area contributed by atoms with Gasteiger partial charge in [0.15, 0.2) is 6.39 Å². The number of rotatable bonds is 4. The lowest BCUT2D eigenvalue weighted by Gasteiger charge is -2.31. The van der Waals surface area contributed by atoms with Crippen LogP contribution in [-0.4, -0.2) is 44.3 Å². The number of fused-ring (bicyclic) bond motifs is 1. The van der Waals surface area contributed by atoms with E-state index in [0.29, 0.717) is 41.7 Å². The van der Waals surface area contributed by atoms with Crippen LogP contribution in [0.5, 0.6) is 0 Å². The van der Waals surface area contributed by atoms with Crippen LogP contribution >= 0.6 is 0 Å². The minimum Gasteiger partial charge on any atom is -0.438 e. The molecule has 2 amide bonds. The van der Waals surface area contributed by atoms with E-state index in [9.17, 15) is 9.59 Å². The topological polar surface area (TPSA) is 117 Å². The number of nitriles is 1. The molecule has 1 fully saturated rings. The van der Waals surface area contributed by atoms with Gasteiger partial charge >= 0.3 is 0 Å². The van der Waals surface area contributed by atoms with E-state index in [1.165, 1.54) is 24.2 Å². The average molecular weight is 469 g/mol. The Hall–Kier alpha value is -4.45. The molecule has 1 aliphatic heterocycles. The van der Waals surface area contributed by atoms with Gasteiger partial charge in [-0.1, -0.05) is 0 Å². The first-order valence-electron chi connectivity index (χ1n) is 11.4. The summed E-state index contributed by atoms with van der Waals surface area (Å²) < 4.78 is 7.37. The summed E-state index contributed by atoms with van der Waals surface area (Å²) in [7, 11) is 2.01.